The molecule has 2 aromatic heterocycles. The Morgan fingerprint density at radius 2 is 2.16 bits per heavy atom. The van der Waals surface area contributed by atoms with Gasteiger partial charge in [0.15, 0.2) is 0 Å². The molecule has 2 heterocycles. The molecule has 0 saturated heterocycles. The van der Waals surface area contributed by atoms with E-state index in [0.717, 1.165) is 29.0 Å². The van der Waals surface area contributed by atoms with Crippen LogP contribution in [0.15, 0.2) is 10.2 Å². The number of thiazole rings is 1. The van der Waals surface area contributed by atoms with E-state index in [0.29, 0.717) is 24.0 Å². The Bertz CT molecular complexity index is 620. The molecule has 2 rings (SSSR count). The second kappa shape index (κ2) is 5.81. The minimum Gasteiger partial charge on any atom is -0.364 e. The Morgan fingerprint density at radius 3 is 2.74 bits per heavy atom. The lowest BCUT2D eigenvalue weighted by Crippen LogP contribution is -2.15. The maximum Gasteiger partial charge on any atom is 0.304 e. The van der Waals surface area contributed by atoms with Crippen molar-refractivity contribution >= 4 is 23.0 Å². The van der Waals surface area contributed by atoms with Crippen LogP contribution in [0.1, 0.15) is 24.0 Å². The molecule has 0 radical (unpaired) electrons. The largest absolute Gasteiger partial charge is 0.364 e. The summed E-state index contributed by atoms with van der Waals surface area (Å²) in [6.45, 7) is 4.36. The second-order valence-electron chi connectivity index (χ2n) is 3.99. The van der Waals surface area contributed by atoms with Gasteiger partial charge in [-0.2, -0.15) is 0 Å². The molecule has 0 aromatic carbocycles. The van der Waals surface area contributed by atoms with Gasteiger partial charge in [0.1, 0.15) is 17.5 Å². The van der Waals surface area contributed by atoms with E-state index < -0.39 is 0 Å². The van der Waals surface area contributed by atoms with Crippen molar-refractivity contribution in [3.8, 4) is 0 Å². The van der Waals surface area contributed by atoms with Crippen LogP contribution in [-0.4, -0.2) is 15.0 Å². The fraction of sp³-hybridized carbons (Fsp3) is 0.364. The Kier molecular flexibility index (Phi) is 4.13. The van der Waals surface area contributed by atoms with Crippen LogP contribution in [0, 0.1) is 6.92 Å². The summed E-state index contributed by atoms with van der Waals surface area (Å²) in [4.78, 5) is 22.4. The molecule has 102 valence electrons. The number of aromatic amines is 1. The van der Waals surface area contributed by atoms with E-state index in [9.17, 15) is 4.79 Å². The van der Waals surface area contributed by atoms with Gasteiger partial charge in [-0.1, -0.05) is 18.3 Å². The maximum absolute atomic E-state index is 11.1. The monoisotopic (exact) mass is 280 g/mol. The van der Waals surface area contributed by atoms with E-state index >= 15 is 0 Å². The third kappa shape index (κ3) is 3.09. The Balaban J connectivity index is 2.21. The highest BCUT2D eigenvalue weighted by Gasteiger charge is 2.09. The molecule has 0 fully saturated rings. The highest BCUT2D eigenvalue weighted by Crippen LogP contribution is 2.19. The summed E-state index contributed by atoms with van der Waals surface area (Å²) in [7, 11) is 0. The van der Waals surface area contributed by atoms with Crippen LogP contribution in [0.3, 0.4) is 0 Å². The first-order valence-electron chi connectivity index (χ1n) is 5.88. The summed E-state index contributed by atoms with van der Waals surface area (Å²) < 4.78 is 0. The van der Waals surface area contributed by atoms with E-state index in [4.69, 9.17) is 5.84 Å². The predicted octanol–water partition coefficient (Wildman–Crippen LogP) is 0.995. The van der Waals surface area contributed by atoms with Gasteiger partial charge < -0.3 is 15.7 Å². The molecule has 19 heavy (non-hydrogen) atoms. The van der Waals surface area contributed by atoms with Crippen molar-refractivity contribution in [3.05, 3.63) is 32.1 Å². The summed E-state index contributed by atoms with van der Waals surface area (Å²) >= 11 is 1.14. The van der Waals surface area contributed by atoms with E-state index in [-0.39, 0.29) is 4.87 Å². The first-order valence-corrected chi connectivity index (χ1v) is 6.76. The Hall–Kier alpha value is -1.93. The molecular weight excluding hydrogens is 264 g/mol. The van der Waals surface area contributed by atoms with E-state index in [1.165, 1.54) is 0 Å². The molecule has 0 aliphatic carbocycles. The molecule has 0 spiro atoms. The van der Waals surface area contributed by atoms with Crippen LogP contribution in [0.5, 0.6) is 0 Å². The highest BCUT2D eigenvalue weighted by atomic mass is 32.1. The zero-order chi connectivity index (χ0) is 13.8. The Morgan fingerprint density at radius 1 is 1.42 bits per heavy atom. The number of hydrogen-bond donors (Lipinski definition) is 4. The van der Waals surface area contributed by atoms with Crippen molar-refractivity contribution in [1.82, 2.24) is 15.0 Å². The SMILES string of the molecule is CCc1nc(NN)c(C)c(NCc2csc(=O)[nH]2)n1. The molecule has 2 aromatic rings. The highest BCUT2D eigenvalue weighted by molar-refractivity contribution is 7.07. The van der Waals surface area contributed by atoms with Crippen LogP contribution in [0.25, 0.3) is 0 Å². The molecule has 0 bridgehead atoms. The third-order valence-corrected chi connectivity index (χ3v) is 3.38. The fourth-order valence-electron chi connectivity index (χ4n) is 1.61. The lowest BCUT2D eigenvalue weighted by atomic mass is 10.3. The van der Waals surface area contributed by atoms with Gasteiger partial charge in [-0.05, 0) is 6.92 Å². The number of nitrogen functional groups attached to an aromatic ring is 1. The lowest BCUT2D eigenvalue weighted by molar-refractivity contribution is 0.917. The lowest BCUT2D eigenvalue weighted by Gasteiger charge is -2.12. The summed E-state index contributed by atoms with van der Waals surface area (Å²) in [5.41, 5.74) is 4.24. The van der Waals surface area contributed by atoms with Crippen LogP contribution in [-0.2, 0) is 13.0 Å². The van der Waals surface area contributed by atoms with Gasteiger partial charge in [0.05, 0.1) is 6.54 Å². The minimum absolute atomic E-state index is 0.0604. The molecular formula is C11H16N6OS. The van der Waals surface area contributed by atoms with Crippen molar-refractivity contribution in [2.24, 2.45) is 5.84 Å². The van der Waals surface area contributed by atoms with Crippen molar-refractivity contribution in [2.45, 2.75) is 26.8 Å². The van der Waals surface area contributed by atoms with Crippen molar-refractivity contribution in [3.63, 3.8) is 0 Å². The Labute approximate surface area is 114 Å². The number of aryl methyl sites for hydroxylation is 1. The van der Waals surface area contributed by atoms with Gasteiger partial charge in [0.2, 0.25) is 0 Å². The normalized spacial score (nSPS) is 10.5. The number of nitrogens with zero attached hydrogens (tertiary/aromatic N) is 2. The van der Waals surface area contributed by atoms with Gasteiger partial charge >= 0.3 is 4.87 Å². The molecule has 8 heteroatoms. The minimum atomic E-state index is -0.0604. The molecule has 7 nitrogen and oxygen atoms in total. The number of nitrogens with one attached hydrogen (secondary N) is 3. The number of hydrazine groups is 1. The average Bonchev–Trinajstić information content (AvgIpc) is 2.83. The summed E-state index contributed by atoms with van der Waals surface area (Å²) in [5.74, 6) is 7.47. The number of nitrogens with two attached hydrogens (primary N) is 1. The number of hydrogen-bond acceptors (Lipinski definition) is 7. The molecule has 5 N–H and O–H groups in total. The number of anilines is 2. The third-order valence-electron chi connectivity index (χ3n) is 2.66. The number of H-pyrrole nitrogens is 1. The van der Waals surface area contributed by atoms with Gasteiger partial charge in [-0.15, -0.1) is 0 Å². The zero-order valence-electron chi connectivity index (χ0n) is 10.8. The topological polar surface area (TPSA) is 109 Å². The van der Waals surface area contributed by atoms with Gasteiger partial charge in [-0.25, -0.2) is 15.8 Å². The average molecular weight is 280 g/mol. The smallest absolute Gasteiger partial charge is 0.304 e. The van der Waals surface area contributed by atoms with Crippen LogP contribution >= 0.6 is 11.3 Å². The molecule has 0 atom stereocenters. The standard InChI is InChI=1S/C11H16N6OS/c1-3-8-15-9(6(2)10(16-8)17-12)13-4-7-5-19-11(18)14-7/h5H,3-4,12H2,1-2H3,(H,14,18)(H2,13,15,16,17). The second-order valence-corrected chi connectivity index (χ2v) is 4.83. The molecule has 0 aliphatic heterocycles. The van der Waals surface area contributed by atoms with E-state index in [1.54, 1.807) is 5.38 Å². The van der Waals surface area contributed by atoms with Crippen molar-refractivity contribution in [1.29, 1.82) is 0 Å². The summed E-state index contributed by atoms with van der Waals surface area (Å²) in [6, 6.07) is 0. The first kappa shape index (κ1) is 13.5. The van der Waals surface area contributed by atoms with Crippen molar-refractivity contribution < 1.29 is 0 Å². The number of aromatic nitrogens is 3. The molecule has 0 amide bonds. The predicted molar refractivity (Wildman–Crippen MR) is 76.2 cm³/mol. The zero-order valence-corrected chi connectivity index (χ0v) is 11.6. The van der Waals surface area contributed by atoms with Crippen LogP contribution in [0.4, 0.5) is 11.6 Å². The van der Waals surface area contributed by atoms with Crippen LogP contribution < -0.4 is 21.5 Å². The summed E-state index contributed by atoms with van der Waals surface area (Å²) in [6.07, 6.45) is 0.721. The molecule has 0 saturated carbocycles. The summed E-state index contributed by atoms with van der Waals surface area (Å²) in [5, 5.41) is 4.97. The van der Waals surface area contributed by atoms with Crippen molar-refractivity contribution in [2.75, 3.05) is 10.7 Å². The van der Waals surface area contributed by atoms with Crippen LogP contribution in [0.2, 0.25) is 0 Å². The molecule has 0 aliphatic rings. The van der Waals surface area contributed by atoms with Gasteiger partial charge in [-0.3, -0.25) is 4.79 Å². The van der Waals surface area contributed by atoms with Gasteiger partial charge in [0, 0.05) is 23.1 Å². The molecule has 0 unspecified atom stereocenters. The quantitative estimate of drug-likeness (QED) is 0.480. The van der Waals surface area contributed by atoms with E-state index in [2.05, 4.69) is 25.7 Å². The fourth-order valence-corrected chi connectivity index (χ4v) is 2.19. The number of rotatable bonds is 5. The van der Waals surface area contributed by atoms with Gasteiger partial charge in [0.25, 0.3) is 0 Å². The van der Waals surface area contributed by atoms with E-state index in [1.807, 2.05) is 13.8 Å². The first-order chi connectivity index (χ1) is 9.13. The maximum atomic E-state index is 11.1.